The average Bonchev–Trinajstić information content (AvgIpc) is 2.91. The standard InChI is InChI=1S/C28H33N3O7S/c1-3-15-29-25-18-22(11-14-24(25)27(33)30-39(2,36)37)20-9-12-23(13-10-20)38-17-16-31(28(34)35)19-26(32)21-7-5-4-6-8-21/h4-14,18,26,29,32H,3,15-17,19H2,1-2H3,(H,30,33)(H,34,35)/t26-/m1/s1. The molecule has 0 radical (unpaired) electrons. The predicted octanol–water partition coefficient (Wildman–Crippen LogP) is 3.96. The normalized spacial score (nSPS) is 11.9. The molecule has 0 heterocycles. The van der Waals surface area contributed by atoms with Crippen LogP contribution in [0.4, 0.5) is 10.5 Å². The van der Waals surface area contributed by atoms with Gasteiger partial charge in [0.05, 0.1) is 31.0 Å². The summed E-state index contributed by atoms with van der Waals surface area (Å²) in [5.41, 5.74) is 3.02. The van der Waals surface area contributed by atoms with Crippen molar-refractivity contribution in [1.82, 2.24) is 9.62 Å². The number of amides is 2. The Bertz CT molecular complexity index is 1360. The van der Waals surface area contributed by atoms with Gasteiger partial charge < -0.3 is 25.2 Å². The van der Waals surface area contributed by atoms with E-state index in [-0.39, 0.29) is 25.3 Å². The van der Waals surface area contributed by atoms with E-state index in [0.29, 0.717) is 23.5 Å². The summed E-state index contributed by atoms with van der Waals surface area (Å²) in [6.07, 6.45) is -0.351. The van der Waals surface area contributed by atoms with Crippen molar-refractivity contribution in [3.63, 3.8) is 0 Å². The fourth-order valence-electron chi connectivity index (χ4n) is 3.82. The number of nitrogens with one attached hydrogen (secondary N) is 2. The molecular formula is C28H33N3O7S. The molecule has 2 amide bonds. The van der Waals surface area contributed by atoms with Crippen molar-refractivity contribution < 1.29 is 33.0 Å². The molecule has 0 aromatic heterocycles. The van der Waals surface area contributed by atoms with Crippen molar-refractivity contribution in [3.05, 3.63) is 83.9 Å². The van der Waals surface area contributed by atoms with Gasteiger partial charge in [-0.3, -0.25) is 4.79 Å². The topological polar surface area (TPSA) is 145 Å². The van der Waals surface area contributed by atoms with Crippen LogP contribution < -0.4 is 14.8 Å². The summed E-state index contributed by atoms with van der Waals surface area (Å²) in [4.78, 5) is 25.2. The first-order valence-electron chi connectivity index (χ1n) is 12.4. The monoisotopic (exact) mass is 555 g/mol. The second-order valence-corrected chi connectivity index (χ2v) is 10.7. The van der Waals surface area contributed by atoms with Crippen LogP contribution in [0.5, 0.6) is 5.75 Å². The summed E-state index contributed by atoms with van der Waals surface area (Å²) in [6.45, 7) is 2.68. The van der Waals surface area contributed by atoms with Crippen LogP contribution in [0.2, 0.25) is 0 Å². The molecule has 0 aliphatic heterocycles. The van der Waals surface area contributed by atoms with Gasteiger partial charge in [0.1, 0.15) is 12.4 Å². The van der Waals surface area contributed by atoms with Crippen molar-refractivity contribution >= 4 is 27.7 Å². The molecule has 3 aromatic rings. The number of ether oxygens (including phenoxy) is 1. The van der Waals surface area contributed by atoms with E-state index in [0.717, 1.165) is 28.7 Å². The number of carbonyl (C=O) groups is 2. The Morgan fingerprint density at radius 3 is 2.28 bits per heavy atom. The minimum atomic E-state index is -3.70. The Morgan fingerprint density at radius 1 is 1.00 bits per heavy atom. The molecule has 0 bridgehead atoms. The van der Waals surface area contributed by atoms with E-state index in [9.17, 15) is 28.2 Å². The molecule has 0 saturated carbocycles. The van der Waals surface area contributed by atoms with Crippen LogP contribution in [0, 0.1) is 0 Å². The fraction of sp³-hybridized carbons (Fsp3) is 0.286. The minimum Gasteiger partial charge on any atom is -0.492 e. The van der Waals surface area contributed by atoms with E-state index in [2.05, 4.69) is 5.32 Å². The van der Waals surface area contributed by atoms with Gasteiger partial charge in [0.25, 0.3) is 5.91 Å². The molecule has 0 spiro atoms. The molecule has 39 heavy (non-hydrogen) atoms. The molecule has 11 heteroatoms. The number of rotatable bonds is 13. The third-order valence-corrected chi connectivity index (χ3v) is 6.33. The minimum absolute atomic E-state index is 0.0739. The second-order valence-electron chi connectivity index (χ2n) is 8.92. The van der Waals surface area contributed by atoms with E-state index in [1.165, 1.54) is 0 Å². The number of aliphatic hydroxyl groups excluding tert-OH is 1. The second kappa shape index (κ2) is 13.6. The van der Waals surface area contributed by atoms with Crippen LogP contribution in [0.3, 0.4) is 0 Å². The van der Waals surface area contributed by atoms with Crippen LogP contribution in [0.1, 0.15) is 35.4 Å². The highest BCUT2D eigenvalue weighted by atomic mass is 32.2. The lowest BCUT2D eigenvalue weighted by Crippen LogP contribution is -2.36. The zero-order chi connectivity index (χ0) is 28.4. The number of sulfonamides is 1. The highest BCUT2D eigenvalue weighted by molar-refractivity contribution is 7.89. The molecule has 208 valence electrons. The summed E-state index contributed by atoms with van der Waals surface area (Å²) >= 11 is 0. The number of hydrogen-bond acceptors (Lipinski definition) is 7. The van der Waals surface area contributed by atoms with Crippen molar-refractivity contribution in [2.75, 3.05) is 37.8 Å². The highest BCUT2D eigenvalue weighted by Crippen LogP contribution is 2.28. The third-order valence-electron chi connectivity index (χ3n) is 5.77. The van der Waals surface area contributed by atoms with Crippen molar-refractivity contribution in [2.45, 2.75) is 19.4 Å². The lowest BCUT2D eigenvalue weighted by molar-refractivity contribution is 0.0894. The number of benzene rings is 3. The largest absolute Gasteiger partial charge is 0.492 e. The molecule has 3 rings (SSSR count). The van der Waals surface area contributed by atoms with Crippen LogP contribution in [-0.2, 0) is 10.0 Å². The Kier molecular flexibility index (Phi) is 10.3. The van der Waals surface area contributed by atoms with Gasteiger partial charge in [-0.05, 0) is 47.4 Å². The van der Waals surface area contributed by atoms with Crippen molar-refractivity contribution in [3.8, 4) is 16.9 Å². The number of anilines is 1. The van der Waals surface area contributed by atoms with Crippen molar-refractivity contribution in [1.29, 1.82) is 0 Å². The van der Waals surface area contributed by atoms with Crippen molar-refractivity contribution in [2.24, 2.45) is 0 Å². The first-order chi connectivity index (χ1) is 18.6. The molecule has 10 nitrogen and oxygen atoms in total. The Labute approximate surface area is 228 Å². The third kappa shape index (κ3) is 9.01. The maximum atomic E-state index is 12.5. The smallest absolute Gasteiger partial charge is 0.407 e. The van der Waals surface area contributed by atoms with E-state index in [1.807, 2.05) is 29.8 Å². The first kappa shape index (κ1) is 29.5. The van der Waals surface area contributed by atoms with E-state index in [4.69, 9.17) is 4.74 Å². The Balaban J connectivity index is 1.64. The van der Waals surface area contributed by atoms with Crippen LogP contribution in [0.25, 0.3) is 11.1 Å². The number of nitrogens with zero attached hydrogens (tertiary/aromatic N) is 1. The summed E-state index contributed by atoms with van der Waals surface area (Å²) in [5, 5.41) is 23.0. The molecule has 0 aliphatic carbocycles. The van der Waals surface area contributed by atoms with Gasteiger partial charge >= 0.3 is 6.09 Å². The van der Waals surface area contributed by atoms with Gasteiger partial charge in [-0.2, -0.15) is 0 Å². The lowest BCUT2D eigenvalue weighted by Gasteiger charge is -2.22. The maximum Gasteiger partial charge on any atom is 0.407 e. The molecule has 4 N–H and O–H groups in total. The van der Waals surface area contributed by atoms with Gasteiger partial charge in [-0.15, -0.1) is 0 Å². The van der Waals surface area contributed by atoms with Crippen LogP contribution >= 0.6 is 0 Å². The van der Waals surface area contributed by atoms with E-state index in [1.54, 1.807) is 54.6 Å². The lowest BCUT2D eigenvalue weighted by atomic mass is 10.0. The average molecular weight is 556 g/mol. The molecular weight excluding hydrogens is 522 g/mol. The maximum absolute atomic E-state index is 12.5. The Hall–Kier alpha value is -4.09. The zero-order valence-corrected chi connectivity index (χ0v) is 22.6. The van der Waals surface area contributed by atoms with Crippen LogP contribution in [-0.4, -0.2) is 68.0 Å². The predicted molar refractivity (Wildman–Crippen MR) is 149 cm³/mol. The van der Waals surface area contributed by atoms with Gasteiger partial charge in [0.2, 0.25) is 10.0 Å². The van der Waals surface area contributed by atoms with Gasteiger partial charge in [0.15, 0.2) is 0 Å². The fourth-order valence-corrected chi connectivity index (χ4v) is 4.27. The van der Waals surface area contributed by atoms with Crippen LogP contribution in [0.15, 0.2) is 72.8 Å². The molecule has 1 atom stereocenters. The highest BCUT2D eigenvalue weighted by Gasteiger charge is 2.18. The first-order valence-corrected chi connectivity index (χ1v) is 14.3. The summed E-state index contributed by atoms with van der Waals surface area (Å²) in [7, 11) is -3.70. The molecule has 0 saturated heterocycles. The van der Waals surface area contributed by atoms with Gasteiger partial charge in [0, 0.05) is 12.2 Å². The van der Waals surface area contributed by atoms with E-state index >= 15 is 0 Å². The number of carboxylic acid groups (broad SMARTS) is 1. The summed E-state index contributed by atoms with van der Waals surface area (Å²) < 4.78 is 30.7. The van der Waals surface area contributed by atoms with E-state index < -0.39 is 28.1 Å². The van der Waals surface area contributed by atoms with Gasteiger partial charge in [-0.25, -0.2) is 17.9 Å². The summed E-state index contributed by atoms with van der Waals surface area (Å²) in [5.74, 6) is -0.167. The quantitative estimate of drug-likeness (QED) is 0.248. The Morgan fingerprint density at radius 2 is 1.67 bits per heavy atom. The molecule has 0 unspecified atom stereocenters. The SMILES string of the molecule is CCCNc1cc(-c2ccc(OCCN(C[C@@H](O)c3ccccc3)C(=O)O)cc2)ccc1C(=O)NS(C)(=O)=O. The summed E-state index contributed by atoms with van der Waals surface area (Å²) in [6, 6.07) is 21.1. The molecule has 0 fully saturated rings. The molecule has 0 aliphatic rings. The number of carbonyl (C=O) groups excluding carboxylic acids is 1. The molecule has 3 aromatic carbocycles. The number of aliphatic hydroxyl groups is 1. The number of hydrogen-bond donors (Lipinski definition) is 4. The zero-order valence-electron chi connectivity index (χ0n) is 21.8. The van der Waals surface area contributed by atoms with Gasteiger partial charge in [-0.1, -0.05) is 55.5 Å².